The minimum Gasteiger partial charge on any atom is -0.486 e. The third-order valence-corrected chi connectivity index (χ3v) is 8.14. The molecule has 1 aliphatic carbocycles. The maximum Gasteiger partial charge on any atom is 0.220 e. The summed E-state index contributed by atoms with van der Waals surface area (Å²) >= 11 is 0. The van der Waals surface area contributed by atoms with E-state index in [0.29, 0.717) is 51.2 Å². The SMILES string of the molecule is CC1C=C2OCCOC2=CC1[C@@H](O)[C@@H](CN1CCCC1)NC(=O)CCCCC(=O)c1ccc(C(C)(C)C)cc1. The van der Waals surface area contributed by atoms with Crippen molar-refractivity contribution in [2.45, 2.75) is 83.8 Å². The molecule has 0 spiro atoms. The zero-order chi connectivity index (χ0) is 28.0. The Kier molecular flexibility index (Phi) is 9.89. The topological polar surface area (TPSA) is 88.1 Å². The van der Waals surface area contributed by atoms with Crippen LogP contribution in [-0.4, -0.2) is 66.7 Å². The Hall–Kier alpha value is -2.64. The van der Waals surface area contributed by atoms with Crippen LogP contribution in [0.4, 0.5) is 0 Å². The molecular weight excluding hydrogens is 492 g/mol. The van der Waals surface area contributed by atoms with Gasteiger partial charge in [-0.1, -0.05) is 52.0 Å². The summed E-state index contributed by atoms with van der Waals surface area (Å²) in [5.41, 5.74) is 1.98. The number of carbonyl (C=O) groups is 2. The highest BCUT2D eigenvalue weighted by Crippen LogP contribution is 2.34. The molecule has 0 radical (unpaired) electrons. The summed E-state index contributed by atoms with van der Waals surface area (Å²) in [6, 6.07) is 7.48. The highest BCUT2D eigenvalue weighted by atomic mass is 16.6. The molecule has 2 heterocycles. The molecule has 4 rings (SSSR count). The van der Waals surface area contributed by atoms with Gasteiger partial charge in [0.05, 0.1) is 12.1 Å². The van der Waals surface area contributed by atoms with Gasteiger partial charge in [-0.05, 0) is 67.8 Å². The van der Waals surface area contributed by atoms with Gasteiger partial charge in [0, 0.05) is 30.9 Å². The fraction of sp³-hybridized carbons (Fsp3) is 0.625. The van der Waals surface area contributed by atoms with E-state index in [9.17, 15) is 14.7 Å². The van der Waals surface area contributed by atoms with Gasteiger partial charge in [0.1, 0.15) is 13.2 Å². The number of ketones is 1. The number of unbranched alkanes of at least 4 members (excludes halogenated alkanes) is 1. The van der Waals surface area contributed by atoms with Crippen LogP contribution in [0.15, 0.2) is 47.9 Å². The lowest BCUT2D eigenvalue weighted by atomic mass is 9.81. The van der Waals surface area contributed by atoms with Crippen molar-refractivity contribution in [3.8, 4) is 0 Å². The summed E-state index contributed by atoms with van der Waals surface area (Å²) in [6.07, 6.45) is 7.56. The van der Waals surface area contributed by atoms with Crippen LogP contribution in [0.25, 0.3) is 0 Å². The van der Waals surface area contributed by atoms with E-state index in [1.165, 1.54) is 5.56 Å². The first-order valence-electron chi connectivity index (χ1n) is 14.6. The zero-order valence-corrected chi connectivity index (χ0v) is 24.1. The molecule has 4 atom stereocenters. The van der Waals surface area contributed by atoms with Crippen LogP contribution >= 0.6 is 0 Å². The first-order valence-corrected chi connectivity index (χ1v) is 14.6. The van der Waals surface area contributed by atoms with E-state index in [1.54, 1.807) is 0 Å². The van der Waals surface area contributed by atoms with Gasteiger partial charge in [-0.25, -0.2) is 0 Å². The van der Waals surface area contributed by atoms with Crippen LogP contribution in [0, 0.1) is 11.8 Å². The Labute approximate surface area is 233 Å². The smallest absolute Gasteiger partial charge is 0.220 e. The number of Topliss-reactive ketones (excluding diaryl/α,β-unsaturated/α-hetero) is 1. The number of aliphatic hydroxyl groups is 1. The zero-order valence-electron chi connectivity index (χ0n) is 24.1. The minimum absolute atomic E-state index is 0.0543. The number of benzene rings is 1. The summed E-state index contributed by atoms with van der Waals surface area (Å²) in [5, 5.41) is 14.6. The standard InChI is InChI=1S/C32H46N2O5/c1-22-19-28-29(39-18-17-38-28)20-25(22)31(37)26(21-34-15-7-8-16-34)33-30(36)10-6-5-9-27(35)23-11-13-24(14-12-23)32(2,3)4/h11-14,19-20,22,25-26,31,37H,5-10,15-18,21H2,1-4H3,(H,33,36)/t22?,25?,26-,31-/m1/s1. The van der Waals surface area contributed by atoms with Gasteiger partial charge >= 0.3 is 0 Å². The number of hydrogen-bond donors (Lipinski definition) is 2. The van der Waals surface area contributed by atoms with E-state index in [-0.39, 0.29) is 35.0 Å². The summed E-state index contributed by atoms with van der Waals surface area (Å²) in [6.45, 7) is 12.2. The Morgan fingerprint density at radius 1 is 1.00 bits per heavy atom. The van der Waals surface area contributed by atoms with Gasteiger partial charge in [-0.15, -0.1) is 0 Å². The van der Waals surface area contributed by atoms with Crippen LogP contribution in [0.2, 0.25) is 0 Å². The average molecular weight is 539 g/mol. The summed E-state index contributed by atoms with van der Waals surface area (Å²) in [7, 11) is 0. The molecule has 0 aromatic heterocycles. The van der Waals surface area contributed by atoms with Crippen LogP contribution < -0.4 is 5.32 Å². The van der Waals surface area contributed by atoms with Crippen LogP contribution in [-0.2, 0) is 19.7 Å². The van der Waals surface area contributed by atoms with Gasteiger partial charge in [-0.2, -0.15) is 0 Å². The molecule has 1 amide bonds. The van der Waals surface area contributed by atoms with Crippen molar-refractivity contribution in [2.24, 2.45) is 11.8 Å². The second-order valence-corrected chi connectivity index (χ2v) is 12.3. The number of aliphatic hydroxyl groups excluding tert-OH is 1. The van der Waals surface area contributed by atoms with Crippen molar-refractivity contribution in [3.05, 3.63) is 59.1 Å². The molecule has 2 saturated heterocycles. The Morgan fingerprint density at radius 3 is 2.26 bits per heavy atom. The van der Waals surface area contributed by atoms with Crippen molar-refractivity contribution in [2.75, 3.05) is 32.8 Å². The molecule has 1 aromatic carbocycles. The number of likely N-dealkylation sites (tertiary alicyclic amines) is 1. The normalized spacial score (nSPS) is 23.0. The monoisotopic (exact) mass is 538 g/mol. The average Bonchev–Trinajstić information content (AvgIpc) is 3.42. The Morgan fingerprint density at radius 2 is 1.62 bits per heavy atom. The van der Waals surface area contributed by atoms with Crippen LogP contribution in [0.1, 0.15) is 82.1 Å². The number of amides is 1. The second-order valence-electron chi connectivity index (χ2n) is 12.3. The lowest BCUT2D eigenvalue weighted by Crippen LogP contribution is -2.53. The summed E-state index contributed by atoms with van der Waals surface area (Å²) in [5.74, 6) is 1.34. The third kappa shape index (κ3) is 7.95. The van der Waals surface area contributed by atoms with Crippen molar-refractivity contribution < 1.29 is 24.2 Å². The minimum atomic E-state index is -0.752. The quantitative estimate of drug-likeness (QED) is 0.312. The van der Waals surface area contributed by atoms with Gasteiger partial charge in [0.25, 0.3) is 0 Å². The van der Waals surface area contributed by atoms with Crippen molar-refractivity contribution >= 4 is 11.7 Å². The lowest BCUT2D eigenvalue weighted by molar-refractivity contribution is -0.123. The maximum absolute atomic E-state index is 13.0. The number of nitrogens with one attached hydrogen (secondary N) is 1. The summed E-state index contributed by atoms with van der Waals surface area (Å²) in [4.78, 5) is 27.9. The molecular formula is C32H46N2O5. The molecule has 0 bridgehead atoms. The number of rotatable bonds is 11. The highest BCUT2D eigenvalue weighted by molar-refractivity contribution is 5.96. The first-order chi connectivity index (χ1) is 18.6. The number of carbonyl (C=O) groups excluding carboxylic acids is 2. The fourth-order valence-electron chi connectivity index (χ4n) is 5.69. The summed E-state index contributed by atoms with van der Waals surface area (Å²) < 4.78 is 11.5. The predicted molar refractivity (Wildman–Crippen MR) is 152 cm³/mol. The third-order valence-electron chi connectivity index (χ3n) is 8.14. The molecule has 2 unspecified atom stereocenters. The molecule has 2 N–H and O–H groups in total. The molecule has 39 heavy (non-hydrogen) atoms. The second kappa shape index (κ2) is 13.1. The molecule has 1 aromatic rings. The molecule has 214 valence electrons. The highest BCUT2D eigenvalue weighted by Gasteiger charge is 2.36. The number of nitrogens with zero attached hydrogens (tertiary/aromatic N) is 1. The van der Waals surface area contributed by atoms with Crippen molar-refractivity contribution in [3.63, 3.8) is 0 Å². The molecule has 0 saturated carbocycles. The molecule has 3 aliphatic rings. The van der Waals surface area contributed by atoms with Crippen LogP contribution in [0.5, 0.6) is 0 Å². The van der Waals surface area contributed by atoms with E-state index in [2.05, 4.69) is 37.9 Å². The maximum atomic E-state index is 13.0. The molecule has 2 fully saturated rings. The van der Waals surface area contributed by atoms with Gasteiger partial charge < -0.3 is 24.8 Å². The van der Waals surface area contributed by atoms with Gasteiger partial charge in [0.15, 0.2) is 17.3 Å². The Balaban J connectivity index is 1.29. The number of hydrogen-bond acceptors (Lipinski definition) is 6. The molecule has 7 heteroatoms. The van der Waals surface area contributed by atoms with Gasteiger partial charge in [-0.3, -0.25) is 9.59 Å². The molecule has 7 nitrogen and oxygen atoms in total. The number of fused-ring (bicyclic) bond motifs is 1. The largest absolute Gasteiger partial charge is 0.486 e. The van der Waals surface area contributed by atoms with Gasteiger partial charge in [0.2, 0.25) is 5.91 Å². The van der Waals surface area contributed by atoms with E-state index in [0.717, 1.165) is 37.3 Å². The number of ether oxygens (including phenoxy) is 2. The molecule has 2 aliphatic heterocycles. The first kappa shape index (κ1) is 29.3. The van der Waals surface area contributed by atoms with Crippen molar-refractivity contribution in [1.82, 2.24) is 10.2 Å². The Bertz CT molecular complexity index is 1050. The van der Waals surface area contributed by atoms with Crippen LogP contribution in [0.3, 0.4) is 0 Å². The fourth-order valence-corrected chi connectivity index (χ4v) is 5.69. The predicted octanol–water partition coefficient (Wildman–Crippen LogP) is 4.75. The lowest BCUT2D eigenvalue weighted by Gasteiger charge is -2.36. The van der Waals surface area contributed by atoms with E-state index in [1.807, 2.05) is 36.4 Å². The van der Waals surface area contributed by atoms with Crippen molar-refractivity contribution in [1.29, 1.82) is 0 Å². The van der Waals surface area contributed by atoms with E-state index in [4.69, 9.17) is 9.47 Å². The van der Waals surface area contributed by atoms with E-state index >= 15 is 0 Å². The number of allylic oxidation sites excluding steroid dienone is 1. The van der Waals surface area contributed by atoms with E-state index < -0.39 is 6.10 Å².